The quantitative estimate of drug-likeness (QED) is 0.317. The lowest BCUT2D eigenvalue weighted by molar-refractivity contribution is -0.141. The fourth-order valence-electron chi connectivity index (χ4n) is 2.96. The number of aromatic hydroxyl groups is 1. The van der Waals surface area contributed by atoms with E-state index in [-0.39, 0.29) is 36.3 Å². The number of fused-ring (bicyclic) bond motifs is 1. The van der Waals surface area contributed by atoms with Gasteiger partial charge in [0.15, 0.2) is 0 Å². The van der Waals surface area contributed by atoms with Crippen molar-refractivity contribution in [2.75, 3.05) is 6.54 Å². The summed E-state index contributed by atoms with van der Waals surface area (Å²) in [5, 5.41) is 24.3. The number of rotatable bonds is 8. The number of aliphatic carboxylic acids is 1. The van der Waals surface area contributed by atoms with Crippen LogP contribution in [0.5, 0.6) is 5.75 Å². The summed E-state index contributed by atoms with van der Waals surface area (Å²) in [6, 6.07) is 1.16. The van der Waals surface area contributed by atoms with Crippen molar-refractivity contribution < 1.29 is 29.0 Å². The van der Waals surface area contributed by atoms with E-state index in [4.69, 9.17) is 10.2 Å². The maximum absolute atomic E-state index is 12.4. The van der Waals surface area contributed by atoms with Crippen LogP contribution in [0, 0.1) is 13.8 Å². The van der Waals surface area contributed by atoms with E-state index >= 15 is 0 Å². The molecule has 10 nitrogen and oxygen atoms in total. The van der Waals surface area contributed by atoms with E-state index in [1.54, 1.807) is 19.9 Å². The minimum atomic E-state index is -1.23. The van der Waals surface area contributed by atoms with E-state index in [0.717, 1.165) is 0 Å². The molecular weight excluding hydrogens is 382 g/mol. The number of carboxylic acid groups (broad SMARTS) is 1. The molecule has 0 aliphatic carbocycles. The van der Waals surface area contributed by atoms with Crippen LogP contribution in [0.4, 0.5) is 4.79 Å². The fraction of sp³-hybridized carbons (Fsp3) is 0.368. The van der Waals surface area contributed by atoms with Crippen LogP contribution in [0.3, 0.4) is 0 Å². The van der Waals surface area contributed by atoms with Crippen molar-refractivity contribution >= 4 is 28.9 Å². The van der Waals surface area contributed by atoms with Crippen LogP contribution in [0.15, 0.2) is 21.3 Å². The van der Waals surface area contributed by atoms with Gasteiger partial charge in [0.05, 0.1) is 12.0 Å². The van der Waals surface area contributed by atoms with E-state index in [1.807, 2.05) is 0 Å². The van der Waals surface area contributed by atoms with Gasteiger partial charge in [0.2, 0.25) is 5.91 Å². The number of carbonyl (C=O) groups is 3. The third-order valence-electron chi connectivity index (χ3n) is 4.61. The normalized spacial score (nSPS) is 11.8. The molecule has 1 atom stereocenters. The first kappa shape index (κ1) is 21.7. The summed E-state index contributed by atoms with van der Waals surface area (Å²) in [4.78, 5) is 46.7. The highest BCUT2D eigenvalue weighted by Crippen LogP contribution is 2.28. The number of nitrogens with two attached hydrogens (primary N) is 1. The molecule has 0 saturated heterocycles. The number of urea groups is 1. The second-order valence-corrected chi connectivity index (χ2v) is 6.65. The molecule has 156 valence electrons. The summed E-state index contributed by atoms with van der Waals surface area (Å²) in [5.41, 5.74) is 5.49. The van der Waals surface area contributed by atoms with E-state index in [9.17, 15) is 29.4 Å². The molecule has 1 aromatic carbocycles. The number of primary amides is 1. The van der Waals surface area contributed by atoms with Gasteiger partial charge in [0.25, 0.3) is 0 Å². The van der Waals surface area contributed by atoms with Crippen LogP contribution in [-0.2, 0) is 16.0 Å². The van der Waals surface area contributed by atoms with Gasteiger partial charge < -0.3 is 31.0 Å². The Labute approximate surface area is 165 Å². The maximum Gasteiger partial charge on any atom is 0.340 e. The summed E-state index contributed by atoms with van der Waals surface area (Å²) >= 11 is 0. The van der Waals surface area contributed by atoms with Crippen molar-refractivity contribution in [2.45, 2.75) is 39.2 Å². The molecule has 10 heteroatoms. The van der Waals surface area contributed by atoms with Gasteiger partial charge in [0.1, 0.15) is 17.4 Å². The Kier molecular flexibility index (Phi) is 6.81. The van der Waals surface area contributed by atoms with Crippen molar-refractivity contribution in [2.24, 2.45) is 5.73 Å². The molecule has 0 aliphatic rings. The Hall–Kier alpha value is -3.56. The Morgan fingerprint density at radius 3 is 2.52 bits per heavy atom. The number of aryl methyl sites for hydroxylation is 2. The van der Waals surface area contributed by atoms with Crippen LogP contribution < -0.4 is 22.0 Å². The fourth-order valence-corrected chi connectivity index (χ4v) is 2.96. The zero-order chi connectivity index (χ0) is 21.7. The second kappa shape index (κ2) is 9.09. The van der Waals surface area contributed by atoms with Gasteiger partial charge in [-0.2, -0.15) is 0 Å². The topological polar surface area (TPSA) is 172 Å². The molecule has 0 radical (unpaired) electrons. The number of benzene rings is 1. The molecule has 1 heterocycles. The third kappa shape index (κ3) is 5.24. The van der Waals surface area contributed by atoms with Gasteiger partial charge in [-0.25, -0.2) is 14.4 Å². The molecule has 0 aliphatic heterocycles. The van der Waals surface area contributed by atoms with Crippen LogP contribution in [-0.4, -0.2) is 40.7 Å². The van der Waals surface area contributed by atoms with Gasteiger partial charge in [-0.05, 0) is 44.4 Å². The summed E-state index contributed by atoms with van der Waals surface area (Å²) in [6.45, 7) is 3.44. The molecule has 0 saturated carbocycles. The highest BCUT2D eigenvalue weighted by Gasteiger charge is 2.22. The Morgan fingerprint density at radius 2 is 1.90 bits per heavy atom. The number of amides is 3. The highest BCUT2D eigenvalue weighted by molar-refractivity contribution is 5.88. The van der Waals surface area contributed by atoms with Crippen LogP contribution >= 0.6 is 0 Å². The highest BCUT2D eigenvalue weighted by atomic mass is 16.4. The van der Waals surface area contributed by atoms with E-state index in [1.165, 1.54) is 6.07 Å². The predicted octanol–water partition coefficient (Wildman–Crippen LogP) is 0.676. The summed E-state index contributed by atoms with van der Waals surface area (Å²) in [6.07, 6.45) is 0.0125. The summed E-state index contributed by atoms with van der Waals surface area (Å²) < 4.78 is 5.28. The molecule has 0 unspecified atom stereocenters. The molecule has 1 aromatic heterocycles. The minimum absolute atomic E-state index is 0.0133. The molecule has 6 N–H and O–H groups in total. The molecule has 0 fully saturated rings. The number of phenols is 1. The van der Waals surface area contributed by atoms with Crippen molar-refractivity contribution in [3.8, 4) is 5.75 Å². The number of phenolic OH excluding ortho intramolecular Hbond substituents is 1. The Balaban J connectivity index is 2.16. The maximum atomic E-state index is 12.4. The number of nitrogens with one attached hydrogen (secondary N) is 2. The van der Waals surface area contributed by atoms with Crippen molar-refractivity contribution in [3.63, 3.8) is 0 Å². The van der Waals surface area contributed by atoms with Crippen LogP contribution in [0.1, 0.15) is 29.5 Å². The number of hydrogen-bond donors (Lipinski definition) is 5. The zero-order valence-electron chi connectivity index (χ0n) is 16.1. The second-order valence-electron chi connectivity index (χ2n) is 6.65. The lowest BCUT2D eigenvalue weighted by Gasteiger charge is -2.15. The zero-order valence-corrected chi connectivity index (χ0v) is 16.1. The lowest BCUT2D eigenvalue weighted by Crippen LogP contribution is -2.42. The minimum Gasteiger partial charge on any atom is -0.508 e. The van der Waals surface area contributed by atoms with E-state index < -0.39 is 29.6 Å². The standard InChI is InChI=1S/C19H23N3O7/c1-9-11-5-6-14(23)10(2)16(11)29-18(27)12(9)8-15(24)22-13(17(25)26)4-3-7-21-19(20)28/h5-6,13,23H,3-4,7-8H2,1-2H3,(H,22,24)(H,25,26)(H3,20,21,28)/t13-/m1/s1. The molecule has 3 amide bonds. The average Bonchev–Trinajstić information content (AvgIpc) is 2.64. The van der Waals surface area contributed by atoms with Gasteiger partial charge >= 0.3 is 17.6 Å². The largest absolute Gasteiger partial charge is 0.508 e. The smallest absolute Gasteiger partial charge is 0.340 e. The first-order valence-electron chi connectivity index (χ1n) is 8.92. The molecule has 2 aromatic rings. The molecular formula is C19H23N3O7. The molecule has 29 heavy (non-hydrogen) atoms. The van der Waals surface area contributed by atoms with Gasteiger partial charge in [-0.15, -0.1) is 0 Å². The van der Waals surface area contributed by atoms with Gasteiger partial charge in [-0.1, -0.05) is 0 Å². The van der Waals surface area contributed by atoms with Gasteiger partial charge in [0, 0.05) is 17.5 Å². The SMILES string of the molecule is Cc1c(CC(=O)N[C@H](CCCNC(N)=O)C(=O)O)c(=O)oc2c(C)c(O)ccc12. The summed E-state index contributed by atoms with van der Waals surface area (Å²) in [5.74, 6) is -1.89. The first-order chi connectivity index (χ1) is 13.6. The molecule has 0 bridgehead atoms. The number of carbonyl (C=O) groups excluding carboxylic acids is 2. The van der Waals surface area contributed by atoms with Gasteiger partial charge in [-0.3, -0.25) is 4.79 Å². The first-order valence-corrected chi connectivity index (χ1v) is 8.92. The van der Waals surface area contributed by atoms with Crippen molar-refractivity contribution in [1.82, 2.24) is 10.6 Å². The average molecular weight is 405 g/mol. The third-order valence-corrected chi connectivity index (χ3v) is 4.61. The van der Waals surface area contributed by atoms with E-state index in [0.29, 0.717) is 22.9 Å². The van der Waals surface area contributed by atoms with Crippen molar-refractivity contribution in [1.29, 1.82) is 0 Å². The lowest BCUT2D eigenvalue weighted by atomic mass is 10.0. The monoisotopic (exact) mass is 405 g/mol. The Bertz CT molecular complexity index is 1010. The Morgan fingerprint density at radius 1 is 1.21 bits per heavy atom. The summed E-state index contributed by atoms with van der Waals surface area (Å²) in [7, 11) is 0. The molecule has 0 spiro atoms. The molecule has 2 rings (SSSR count). The van der Waals surface area contributed by atoms with Crippen LogP contribution in [0.25, 0.3) is 11.0 Å². The number of carboxylic acids is 1. The van der Waals surface area contributed by atoms with Crippen molar-refractivity contribution in [3.05, 3.63) is 39.2 Å². The number of hydrogen-bond acceptors (Lipinski definition) is 6. The van der Waals surface area contributed by atoms with E-state index in [2.05, 4.69) is 10.6 Å². The van der Waals surface area contributed by atoms with Crippen LogP contribution in [0.2, 0.25) is 0 Å². The predicted molar refractivity (Wildman–Crippen MR) is 104 cm³/mol.